The number of amides is 2. The molecule has 1 aromatic rings. The number of hydrogen-bond donors (Lipinski definition) is 1. The van der Waals surface area contributed by atoms with Crippen LogP contribution in [0.15, 0.2) is 18.2 Å². The molecule has 120 valence electrons. The Morgan fingerprint density at radius 1 is 1.32 bits per heavy atom. The lowest BCUT2D eigenvalue weighted by atomic mass is 10.0. The van der Waals surface area contributed by atoms with Gasteiger partial charge in [0.25, 0.3) is 0 Å². The number of rotatable bonds is 4. The molecule has 2 rings (SSSR count). The first kappa shape index (κ1) is 16.3. The van der Waals surface area contributed by atoms with Crippen LogP contribution in [0.3, 0.4) is 0 Å². The van der Waals surface area contributed by atoms with E-state index in [1.807, 2.05) is 39.0 Å². The first-order chi connectivity index (χ1) is 10.5. The molecular weight excluding hydrogens is 280 g/mol. The van der Waals surface area contributed by atoms with E-state index in [2.05, 4.69) is 5.32 Å². The van der Waals surface area contributed by atoms with Gasteiger partial charge in [-0.1, -0.05) is 17.7 Å². The lowest BCUT2D eigenvalue weighted by Gasteiger charge is -2.20. The number of carbonyl (C=O) groups excluding carboxylic acids is 2. The summed E-state index contributed by atoms with van der Waals surface area (Å²) in [5.41, 5.74) is 1.98. The minimum absolute atomic E-state index is 0.277. The largest absolute Gasteiger partial charge is 0.494 e. The van der Waals surface area contributed by atoms with E-state index in [-0.39, 0.29) is 6.04 Å². The van der Waals surface area contributed by atoms with Crippen molar-refractivity contribution < 1.29 is 14.3 Å². The predicted molar refractivity (Wildman–Crippen MR) is 84.7 cm³/mol. The topological polar surface area (TPSA) is 58.6 Å². The SMILES string of the molecule is CCOc1ccc(C)cc1C(C)NC(=O)C(=O)N1CCCC1. The number of nitrogens with one attached hydrogen (secondary N) is 1. The Morgan fingerprint density at radius 3 is 2.64 bits per heavy atom. The van der Waals surface area contributed by atoms with Gasteiger partial charge in [-0.2, -0.15) is 0 Å². The second-order valence-corrected chi connectivity index (χ2v) is 5.67. The smallest absolute Gasteiger partial charge is 0.311 e. The zero-order valence-electron chi connectivity index (χ0n) is 13.5. The molecule has 0 spiro atoms. The molecule has 1 aliphatic rings. The summed E-state index contributed by atoms with van der Waals surface area (Å²) in [7, 11) is 0. The Bertz CT molecular complexity index is 551. The van der Waals surface area contributed by atoms with E-state index in [0.717, 1.165) is 29.7 Å². The van der Waals surface area contributed by atoms with Crippen LogP contribution in [-0.2, 0) is 9.59 Å². The normalized spacial score (nSPS) is 15.5. The monoisotopic (exact) mass is 304 g/mol. The molecule has 5 nitrogen and oxygen atoms in total. The molecular formula is C17H24N2O3. The minimum Gasteiger partial charge on any atom is -0.494 e. The molecule has 1 aromatic carbocycles. The van der Waals surface area contributed by atoms with Crippen LogP contribution in [0.2, 0.25) is 0 Å². The van der Waals surface area contributed by atoms with Gasteiger partial charge >= 0.3 is 11.8 Å². The van der Waals surface area contributed by atoms with Crippen molar-refractivity contribution in [3.8, 4) is 5.75 Å². The molecule has 0 aliphatic carbocycles. The highest BCUT2D eigenvalue weighted by atomic mass is 16.5. The van der Waals surface area contributed by atoms with Gasteiger partial charge in [0.15, 0.2) is 0 Å². The van der Waals surface area contributed by atoms with Gasteiger partial charge in [-0.15, -0.1) is 0 Å². The number of ether oxygens (including phenoxy) is 1. The van der Waals surface area contributed by atoms with E-state index >= 15 is 0 Å². The highest BCUT2D eigenvalue weighted by Crippen LogP contribution is 2.26. The van der Waals surface area contributed by atoms with Crippen LogP contribution in [0.1, 0.15) is 43.9 Å². The molecule has 0 radical (unpaired) electrons. The summed E-state index contributed by atoms with van der Waals surface area (Å²) in [4.78, 5) is 25.8. The van der Waals surface area contributed by atoms with E-state index < -0.39 is 11.8 Å². The summed E-state index contributed by atoms with van der Waals surface area (Å²) in [6.07, 6.45) is 1.95. The Labute approximate surface area is 131 Å². The van der Waals surface area contributed by atoms with Crippen molar-refractivity contribution in [2.24, 2.45) is 0 Å². The number of likely N-dealkylation sites (tertiary alicyclic amines) is 1. The van der Waals surface area contributed by atoms with Crippen molar-refractivity contribution >= 4 is 11.8 Å². The van der Waals surface area contributed by atoms with Crippen molar-refractivity contribution in [2.45, 2.75) is 39.7 Å². The summed E-state index contributed by atoms with van der Waals surface area (Å²) in [6, 6.07) is 5.58. The number of aryl methyl sites for hydroxylation is 1. The Balaban J connectivity index is 2.07. The van der Waals surface area contributed by atoms with Crippen LogP contribution in [0.5, 0.6) is 5.75 Å². The zero-order valence-corrected chi connectivity index (χ0v) is 13.5. The predicted octanol–water partition coefficient (Wildman–Crippen LogP) is 2.19. The van der Waals surface area contributed by atoms with Crippen LogP contribution in [-0.4, -0.2) is 36.4 Å². The van der Waals surface area contributed by atoms with Gasteiger partial charge in [0.2, 0.25) is 0 Å². The summed E-state index contributed by atoms with van der Waals surface area (Å²) in [6.45, 7) is 7.69. The van der Waals surface area contributed by atoms with Gasteiger partial charge in [-0.05, 0) is 39.7 Å². The zero-order chi connectivity index (χ0) is 16.1. The molecule has 0 bridgehead atoms. The van der Waals surface area contributed by atoms with E-state index in [9.17, 15) is 9.59 Å². The molecule has 0 saturated carbocycles. The van der Waals surface area contributed by atoms with Crippen LogP contribution in [0.4, 0.5) is 0 Å². The van der Waals surface area contributed by atoms with E-state index in [1.165, 1.54) is 0 Å². The van der Waals surface area contributed by atoms with Crippen LogP contribution in [0.25, 0.3) is 0 Å². The van der Waals surface area contributed by atoms with Crippen molar-refractivity contribution in [2.75, 3.05) is 19.7 Å². The van der Waals surface area contributed by atoms with Crippen molar-refractivity contribution in [3.05, 3.63) is 29.3 Å². The lowest BCUT2D eigenvalue weighted by Crippen LogP contribution is -2.42. The molecule has 1 heterocycles. The average molecular weight is 304 g/mol. The van der Waals surface area contributed by atoms with Gasteiger partial charge in [-0.25, -0.2) is 0 Å². The Morgan fingerprint density at radius 2 is 2.00 bits per heavy atom. The highest BCUT2D eigenvalue weighted by molar-refractivity contribution is 6.35. The molecule has 1 unspecified atom stereocenters. The van der Waals surface area contributed by atoms with E-state index in [4.69, 9.17) is 4.74 Å². The van der Waals surface area contributed by atoms with Gasteiger partial charge in [0.05, 0.1) is 12.6 Å². The van der Waals surface area contributed by atoms with Gasteiger partial charge in [-0.3, -0.25) is 9.59 Å². The maximum atomic E-state index is 12.1. The van der Waals surface area contributed by atoms with Crippen LogP contribution < -0.4 is 10.1 Å². The quantitative estimate of drug-likeness (QED) is 0.868. The molecule has 1 fully saturated rings. The standard InChI is InChI=1S/C17H24N2O3/c1-4-22-15-8-7-12(2)11-14(15)13(3)18-16(20)17(21)19-9-5-6-10-19/h7-8,11,13H,4-6,9-10H2,1-3H3,(H,18,20). The molecule has 5 heteroatoms. The van der Waals surface area contributed by atoms with Gasteiger partial charge in [0.1, 0.15) is 5.75 Å². The molecule has 2 amide bonds. The summed E-state index contributed by atoms with van der Waals surface area (Å²) < 4.78 is 5.61. The van der Waals surface area contributed by atoms with E-state index in [0.29, 0.717) is 19.7 Å². The number of hydrogen-bond acceptors (Lipinski definition) is 3. The lowest BCUT2D eigenvalue weighted by molar-refractivity contribution is -0.145. The fourth-order valence-electron chi connectivity index (χ4n) is 2.69. The maximum absolute atomic E-state index is 12.1. The van der Waals surface area contributed by atoms with E-state index in [1.54, 1.807) is 4.90 Å². The molecule has 0 aromatic heterocycles. The number of benzene rings is 1. The van der Waals surface area contributed by atoms with Gasteiger partial charge < -0.3 is 15.0 Å². The van der Waals surface area contributed by atoms with Crippen molar-refractivity contribution in [1.82, 2.24) is 10.2 Å². The third-order valence-corrected chi connectivity index (χ3v) is 3.87. The number of carbonyl (C=O) groups is 2. The van der Waals surface area contributed by atoms with Crippen molar-refractivity contribution in [3.63, 3.8) is 0 Å². The first-order valence-electron chi connectivity index (χ1n) is 7.86. The molecule has 1 aliphatic heterocycles. The molecule has 1 atom stereocenters. The summed E-state index contributed by atoms with van der Waals surface area (Å²) >= 11 is 0. The third kappa shape index (κ3) is 3.78. The fraction of sp³-hybridized carbons (Fsp3) is 0.529. The Kier molecular flexibility index (Phi) is 5.41. The second-order valence-electron chi connectivity index (χ2n) is 5.67. The summed E-state index contributed by atoms with van der Waals surface area (Å²) in [5, 5.41) is 2.79. The highest BCUT2D eigenvalue weighted by Gasteiger charge is 2.26. The maximum Gasteiger partial charge on any atom is 0.311 e. The molecule has 22 heavy (non-hydrogen) atoms. The fourth-order valence-corrected chi connectivity index (χ4v) is 2.69. The van der Waals surface area contributed by atoms with Crippen LogP contribution in [0, 0.1) is 6.92 Å². The summed E-state index contributed by atoms with van der Waals surface area (Å²) in [5.74, 6) is -0.233. The number of nitrogens with zero attached hydrogens (tertiary/aromatic N) is 1. The second kappa shape index (κ2) is 7.29. The average Bonchev–Trinajstić information content (AvgIpc) is 3.02. The van der Waals surface area contributed by atoms with Gasteiger partial charge in [0, 0.05) is 18.7 Å². The molecule has 1 saturated heterocycles. The van der Waals surface area contributed by atoms with Crippen LogP contribution >= 0.6 is 0 Å². The molecule has 1 N–H and O–H groups in total. The Hall–Kier alpha value is -2.04. The third-order valence-electron chi connectivity index (χ3n) is 3.87. The minimum atomic E-state index is -0.543. The van der Waals surface area contributed by atoms with Crippen molar-refractivity contribution in [1.29, 1.82) is 0 Å². The first-order valence-corrected chi connectivity index (χ1v) is 7.86.